The lowest BCUT2D eigenvalue weighted by molar-refractivity contribution is 0.141. The highest BCUT2D eigenvalue weighted by molar-refractivity contribution is 5.66. The van der Waals surface area contributed by atoms with Gasteiger partial charge in [-0.1, -0.05) is 0 Å². The summed E-state index contributed by atoms with van der Waals surface area (Å²) in [7, 11) is 1.35. The van der Waals surface area contributed by atoms with E-state index >= 15 is 0 Å². The Morgan fingerprint density at radius 2 is 2.27 bits per heavy atom. The molecule has 1 amide bonds. The van der Waals surface area contributed by atoms with E-state index in [0.29, 0.717) is 13.2 Å². The molecule has 0 aliphatic carbocycles. The number of hydrogen-bond acceptors (Lipinski definition) is 3. The molecule has 0 unspecified atom stereocenters. The summed E-state index contributed by atoms with van der Waals surface area (Å²) < 4.78 is 9.42. The average Bonchev–Trinajstić information content (AvgIpc) is 2.04. The number of nitrogens with one attached hydrogen (secondary N) is 1. The van der Waals surface area contributed by atoms with Crippen LogP contribution in [0.1, 0.15) is 13.3 Å². The molecule has 11 heavy (non-hydrogen) atoms. The zero-order valence-corrected chi connectivity index (χ0v) is 7.05. The molecule has 0 saturated carbocycles. The lowest BCUT2D eigenvalue weighted by atomic mass is 10.4. The Kier molecular flexibility index (Phi) is 6.82. The normalized spacial score (nSPS) is 9.27. The monoisotopic (exact) mass is 161 g/mol. The first-order valence-electron chi connectivity index (χ1n) is 3.70. The minimum Gasteiger partial charge on any atom is -0.453 e. The summed E-state index contributed by atoms with van der Waals surface area (Å²) in [5.74, 6) is 0. The van der Waals surface area contributed by atoms with Crippen LogP contribution in [0, 0.1) is 0 Å². The van der Waals surface area contributed by atoms with Crippen molar-refractivity contribution in [3.05, 3.63) is 0 Å². The lowest BCUT2D eigenvalue weighted by Gasteiger charge is -2.02. The van der Waals surface area contributed by atoms with Gasteiger partial charge < -0.3 is 14.8 Å². The van der Waals surface area contributed by atoms with Crippen molar-refractivity contribution in [1.29, 1.82) is 0 Å². The van der Waals surface area contributed by atoms with Crippen LogP contribution in [-0.2, 0) is 9.47 Å². The van der Waals surface area contributed by atoms with Gasteiger partial charge in [0, 0.05) is 19.8 Å². The molecule has 0 atom stereocenters. The van der Waals surface area contributed by atoms with Gasteiger partial charge in [-0.15, -0.1) is 0 Å². The van der Waals surface area contributed by atoms with Crippen molar-refractivity contribution in [1.82, 2.24) is 5.32 Å². The average molecular weight is 161 g/mol. The van der Waals surface area contributed by atoms with Gasteiger partial charge in [-0.3, -0.25) is 0 Å². The fraction of sp³-hybridized carbons (Fsp3) is 0.857. The molecule has 0 aromatic carbocycles. The maximum absolute atomic E-state index is 10.5. The second-order valence-electron chi connectivity index (χ2n) is 1.97. The van der Waals surface area contributed by atoms with E-state index in [-0.39, 0.29) is 6.09 Å². The van der Waals surface area contributed by atoms with Gasteiger partial charge >= 0.3 is 6.09 Å². The summed E-state index contributed by atoms with van der Waals surface area (Å²) in [4.78, 5) is 10.5. The van der Waals surface area contributed by atoms with Crippen molar-refractivity contribution in [3.63, 3.8) is 0 Å². The SMILES string of the molecule is CCOCCCNC(=O)OC. The van der Waals surface area contributed by atoms with Gasteiger partial charge in [-0.05, 0) is 13.3 Å². The van der Waals surface area contributed by atoms with E-state index in [1.54, 1.807) is 0 Å². The predicted octanol–water partition coefficient (Wildman–Crippen LogP) is 0.769. The Hall–Kier alpha value is -0.770. The van der Waals surface area contributed by atoms with Gasteiger partial charge in [0.25, 0.3) is 0 Å². The van der Waals surface area contributed by atoms with E-state index in [9.17, 15) is 4.79 Å². The van der Waals surface area contributed by atoms with E-state index in [1.165, 1.54) is 7.11 Å². The molecule has 1 N–H and O–H groups in total. The van der Waals surface area contributed by atoms with Crippen molar-refractivity contribution < 1.29 is 14.3 Å². The van der Waals surface area contributed by atoms with Crippen molar-refractivity contribution in [3.8, 4) is 0 Å². The number of rotatable bonds is 5. The molecule has 0 spiro atoms. The topological polar surface area (TPSA) is 47.6 Å². The second kappa shape index (κ2) is 7.34. The first-order valence-corrected chi connectivity index (χ1v) is 3.70. The van der Waals surface area contributed by atoms with E-state index in [0.717, 1.165) is 13.0 Å². The fourth-order valence-corrected chi connectivity index (χ4v) is 0.581. The minimum absolute atomic E-state index is 0.388. The van der Waals surface area contributed by atoms with E-state index in [4.69, 9.17) is 4.74 Å². The van der Waals surface area contributed by atoms with Crippen LogP contribution in [0.15, 0.2) is 0 Å². The molecule has 0 fully saturated rings. The molecule has 66 valence electrons. The molecule has 0 radical (unpaired) electrons. The second-order valence-corrected chi connectivity index (χ2v) is 1.97. The van der Waals surface area contributed by atoms with Crippen molar-refractivity contribution >= 4 is 6.09 Å². The summed E-state index contributed by atoms with van der Waals surface area (Å²) in [6, 6.07) is 0. The molecular weight excluding hydrogens is 146 g/mol. The number of hydrogen-bond donors (Lipinski definition) is 1. The Morgan fingerprint density at radius 1 is 1.55 bits per heavy atom. The summed E-state index contributed by atoms with van der Waals surface area (Å²) in [5, 5.41) is 2.55. The third-order valence-corrected chi connectivity index (χ3v) is 1.12. The predicted molar refractivity (Wildman–Crippen MR) is 41.5 cm³/mol. The van der Waals surface area contributed by atoms with E-state index in [2.05, 4.69) is 10.1 Å². The van der Waals surface area contributed by atoms with Gasteiger partial charge in [0.2, 0.25) is 0 Å². The van der Waals surface area contributed by atoms with Crippen LogP contribution in [0.5, 0.6) is 0 Å². The Morgan fingerprint density at radius 3 is 2.82 bits per heavy atom. The van der Waals surface area contributed by atoms with Crippen LogP contribution in [0.2, 0.25) is 0 Å². The van der Waals surface area contributed by atoms with Crippen LogP contribution >= 0.6 is 0 Å². The Bertz CT molecular complexity index is 106. The summed E-state index contributed by atoms with van der Waals surface area (Å²) in [5.41, 5.74) is 0. The number of alkyl carbamates (subject to hydrolysis) is 1. The maximum Gasteiger partial charge on any atom is 0.406 e. The molecule has 0 aliphatic rings. The summed E-state index contributed by atoms with van der Waals surface area (Å²) in [6.07, 6.45) is 0.435. The number of amides is 1. The molecule has 4 nitrogen and oxygen atoms in total. The third-order valence-electron chi connectivity index (χ3n) is 1.12. The molecule has 0 aromatic heterocycles. The van der Waals surface area contributed by atoms with Crippen molar-refractivity contribution in [2.75, 3.05) is 26.9 Å². The van der Waals surface area contributed by atoms with Gasteiger partial charge in [0.1, 0.15) is 0 Å². The molecular formula is C7H15NO3. The highest BCUT2D eigenvalue weighted by Crippen LogP contribution is 1.80. The van der Waals surface area contributed by atoms with Gasteiger partial charge in [0.05, 0.1) is 7.11 Å². The third kappa shape index (κ3) is 7.12. The lowest BCUT2D eigenvalue weighted by Crippen LogP contribution is -2.24. The number of carbonyl (C=O) groups is 1. The Labute approximate surface area is 66.9 Å². The molecule has 0 aliphatic heterocycles. The first-order chi connectivity index (χ1) is 5.31. The highest BCUT2D eigenvalue weighted by atomic mass is 16.5. The van der Waals surface area contributed by atoms with Crippen LogP contribution < -0.4 is 5.32 Å². The minimum atomic E-state index is -0.388. The first kappa shape index (κ1) is 10.2. The maximum atomic E-state index is 10.5. The molecule has 4 heteroatoms. The standard InChI is InChI=1S/C7H15NO3/c1-3-11-6-4-5-8-7(9)10-2/h3-6H2,1-2H3,(H,8,9). The van der Waals surface area contributed by atoms with Crippen LogP contribution in [0.25, 0.3) is 0 Å². The quantitative estimate of drug-likeness (QED) is 0.606. The fourth-order valence-electron chi connectivity index (χ4n) is 0.581. The smallest absolute Gasteiger partial charge is 0.406 e. The van der Waals surface area contributed by atoms with E-state index in [1.807, 2.05) is 6.92 Å². The Balaban J connectivity index is 2.95. The van der Waals surface area contributed by atoms with Crippen LogP contribution in [0.4, 0.5) is 4.79 Å². The number of ether oxygens (including phenoxy) is 2. The molecule has 0 rings (SSSR count). The molecule has 0 saturated heterocycles. The molecule has 0 bridgehead atoms. The van der Waals surface area contributed by atoms with Gasteiger partial charge in [-0.2, -0.15) is 0 Å². The summed E-state index contributed by atoms with van der Waals surface area (Å²) >= 11 is 0. The number of carbonyl (C=O) groups excluding carboxylic acids is 1. The van der Waals surface area contributed by atoms with Crippen molar-refractivity contribution in [2.24, 2.45) is 0 Å². The van der Waals surface area contributed by atoms with Crippen LogP contribution in [-0.4, -0.2) is 33.0 Å². The zero-order chi connectivity index (χ0) is 8.53. The highest BCUT2D eigenvalue weighted by Gasteiger charge is 1.94. The van der Waals surface area contributed by atoms with Crippen LogP contribution in [0.3, 0.4) is 0 Å². The van der Waals surface area contributed by atoms with Gasteiger partial charge in [-0.25, -0.2) is 4.79 Å². The van der Waals surface area contributed by atoms with Crippen molar-refractivity contribution in [2.45, 2.75) is 13.3 Å². The number of methoxy groups -OCH3 is 1. The zero-order valence-electron chi connectivity index (χ0n) is 7.05. The van der Waals surface area contributed by atoms with Gasteiger partial charge in [0.15, 0.2) is 0 Å². The molecule has 0 aromatic rings. The van der Waals surface area contributed by atoms with E-state index < -0.39 is 0 Å². The summed E-state index contributed by atoms with van der Waals surface area (Å²) in [6.45, 7) is 3.94. The largest absolute Gasteiger partial charge is 0.453 e. The molecule has 0 heterocycles.